The predicted molar refractivity (Wildman–Crippen MR) is 105 cm³/mol. The van der Waals surface area contributed by atoms with E-state index in [4.69, 9.17) is 4.42 Å². The van der Waals surface area contributed by atoms with E-state index in [1.165, 1.54) is 5.56 Å². The maximum atomic E-state index is 5.76. The number of benzene rings is 1. The van der Waals surface area contributed by atoms with Crippen molar-refractivity contribution in [1.82, 2.24) is 9.97 Å². The first-order valence-electron chi connectivity index (χ1n) is 8.39. The molecule has 0 atom stereocenters. The molecule has 2 aromatic heterocycles. The summed E-state index contributed by atoms with van der Waals surface area (Å²) >= 11 is 1.62. The molecule has 5 heteroatoms. The standard InChI is InChI=1S/C20H23N3OS/c1-20(2,3)17-14-22-18(24-17)10-9-16-13-23-19(25-16)21-12-11-15-7-5-4-6-8-15/h4-10,13-14H,11-12H2,1-3H3,(H,21,23). The van der Waals surface area contributed by atoms with Gasteiger partial charge in [0.05, 0.1) is 6.20 Å². The lowest BCUT2D eigenvalue weighted by Crippen LogP contribution is -2.09. The van der Waals surface area contributed by atoms with Crippen LogP contribution in [0, 0.1) is 0 Å². The average molecular weight is 353 g/mol. The molecule has 1 N–H and O–H groups in total. The van der Waals surface area contributed by atoms with Crippen molar-refractivity contribution in [1.29, 1.82) is 0 Å². The van der Waals surface area contributed by atoms with Gasteiger partial charge in [-0.2, -0.15) is 0 Å². The van der Waals surface area contributed by atoms with Crippen molar-refractivity contribution in [3.63, 3.8) is 0 Å². The predicted octanol–water partition coefficient (Wildman–Crippen LogP) is 5.25. The van der Waals surface area contributed by atoms with Gasteiger partial charge >= 0.3 is 0 Å². The minimum absolute atomic E-state index is 0.0284. The molecule has 0 amide bonds. The number of anilines is 1. The fraction of sp³-hybridized carbons (Fsp3) is 0.300. The Morgan fingerprint density at radius 1 is 1.08 bits per heavy atom. The van der Waals surface area contributed by atoms with Crippen molar-refractivity contribution in [2.75, 3.05) is 11.9 Å². The highest BCUT2D eigenvalue weighted by atomic mass is 32.1. The monoisotopic (exact) mass is 353 g/mol. The van der Waals surface area contributed by atoms with Crippen LogP contribution >= 0.6 is 11.3 Å². The summed E-state index contributed by atoms with van der Waals surface area (Å²) in [5.41, 5.74) is 1.30. The SMILES string of the molecule is CC(C)(C)c1cnc(C=Cc2cnc(NCCc3ccccc3)s2)o1. The lowest BCUT2D eigenvalue weighted by molar-refractivity contribution is 0.403. The third-order valence-corrected chi connectivity index (χ3v) is 4.63. The fourth-order valence-electron chi connectivity index (χ4n) is 2.27. The Hall–Kier alpha value is -2.40. The molecule has 4 nitrogen and oxygen atoms in total. The zero-order chi connectivity index (χ0) is 17.7. The van der Waals surface area contributed by atoms with Gasteiger partial charge in [0.2, 0.25) is 5.89 Å². The van der Waals surface area contributed by atoms with Crippen molar-refractivity contribution >= 4 is 28.6 Å². The highest BCUT2D eigenvalue weighted by Gasteiger charge is 2.18. The van der Waals surface area contributed by atoms with E-state index >= 15 is 0 Å². The third-order valence-electron chi connectivity index (χ3n) is 3.71. The molecule has 0 fully saturated rings. The Kier molecular flexibility index (Phi) is 5.34. The molecular formula is C20H23N3OS. The van der Waals surface area contributed by atoms with Gasteiger partial charge in [0.15, 0.2) is 5.13 Å². The van der Waals surface area contributed by atoms with Crippen LogP contribution in [0.4, 0.5) is 5.13 Å². The molecule has 0 aliphatic carbocycles. The molecule has 0 radical (unpaired) electrons. The van der Waals surface area contributed by atoms with E-state index in [1.54, 1.807) is 17.5 Å². The number of hydrogen-bond donors (Lipinski definition) is 1. The van der Waals surface area contributed by atoms with Gasteiger partial charge in [-0.1, -0.05) is 62.4 Å². The molecule has 1 aromatic carbocycles. The van der Waals surface area contributed by atoms with Gasteiger partial charge in [0, 0.05) is 29.1 Å². The van der Waals surface area contributed by atoms with Gasteiger partial charge < -0.3 is 9.73 Å². The molecule has 25 heavy (non-hydrogen) atoms. The number of hydrogen-bond acceptors (Lipinski definition) is 5. The maximum Gasteiger partial charge on any atom is 0.218 e. The van der Waals surface area contributed by atoms with Crippen LogP contribution < -0.4 is 5.32 Å². The average Bonchev–Trinajstić information content (AvgIpc) is 3.23. The van der Waals surface area contributed by atoms with E-state index in [9.17, 15) is 0 Å². The van der Waals surface area contributed by atoms with Crippen molar-refractivity contribution in [3.8, 4) is 0 Å². The number of oxazole rings is 1. The van der Waals surface area contributed by atoms with Crippen LogP contribution in [0.2, 0.25) is 0 Å². The van der Waals surface area contributed by atoms with E-state index in [0.717, 1.165) is 28.7 Å². The molecule has 0 unspecified atom stereocenters. The zero-order valence-corrected chi connectivity index (χ0v) is 15.6. The Morgan fingerprint density at radius 2 is 1.88 bits per heavy atom. The maximum absolute atomic E-state index is 5.76. The highest BCUT2D eigenvalue weighted by molar-refractivity contribution is 7.16. The molecule has 0 aliphatic rings. The van der Waals surface area contributed by atoms with Crippen LogP contribution in [0.5, 0.6) is 0 Å². The summed E-state index contributed by atoms with van der Waals surface area (Å²) in [7, 11) is 0. The van der Waals surface area contributed by atoms with Crippen molar-refractivity contribution < 1.29 is 4.42 Å². The summed E-state index contributed by atoms with van der Waals surface area (Å²) in [4.78, 5) is 9.78. The van der Waals surface area contributed by atoms with E-state index < -0.39 is 0 Å². The Balaban J connectivity index is 1.53. The van der Waals surface area contributed by atoms with E-state index in [-0.39, 0.29) is 5.41 Å². The zero-order valence-electron chi connectivity index (χ0n) is 14.8. The summed E-state index contributed by atoms with van der Waals surface area (Å²) in [6.07, 6.45) is 8.51. The molecule has 0 saturated carbocycles. The van der Waals surface area contributed by atoms with Crippen molar-refractivity contribution in [3.05, 3.63) is 64.8 Å². The van der Waals surface area contributed by atoms with Crippen LogP contribution in [0.15, 0.2) is 47.1 Å². The summed E-state index contributed by atoms with van der Waals surface area (Å²) in [5.74, 6) is 1.51. The normalized spacial score (nSPS) is 12.0. The van der Waals surface area contributed by atoms with Crippen molar-refractivity contribution in [2.45, 2.75) is 32.6 Å². The molecule has 130 valence electrons. The third kappa shape index (κ3) is 5.03. The molecule has 0 aliphatic heterocycles. The topological polar surface area (TPSA) is 51.0 Å². The second-order valence-corrected chi connectivity index (χ2v) is 7.94. The Bertz CT molecular complexity index is 828. The first kappa shape index (κ1) is 17.4. The lowest BCUT2D eigenvalue weighted by Gasteiger charge is -2.12. The smallest absolute Gasteiger partial charge is 0.218 e. The van der Waals surface area contributed by atoms with Gasteiger partial charge in [-0.05, 0) is 18.1 Å². The molecule has 2 heterocycles. The van der Waals surface area contributed by atoms with Crippen molar-refractivity contribution in [2.24, 2.45) is 0 Å². The van der Waals surface area contributed by atoms with Crippen LogP contribution in [0.3, 0.4) is 0 Å². The van der Waals surface area contributed by atoms with E-state index in [2.05, 4.69) is 60.3 Å². The number of aromatic nitrogens is 2. The van der Waals surface area contributed by atoms with Gasteiger partial charge in [-0.25, -0.2) is 9.97 Å². The minimum Gasteiger partial charge on any atom is -0.441 e. The first-order chi connectivity index (χ1) is 12.0. The van der Waals surface area contributed by atoms with Gasteiger partial charge in [-0.15, -0.1) is 0 Å². The summed E-state index contributed by atoms with van der Waals surface area (Å²) in [5, 5.41) is 4.30. The highest BCUT2D eigenvalue weighted by Crippen LogP contribution is 2.24. The molecule has 0 saturated heterocycles. The lowest BCUT2D eigenvalue weighted by atomic mass is 9.94. The number of thiazole rings is 1. The minimum atomic E-state index is -0.0284. The Morgan fingerprint density at radius 3 is 2.60 bits per heavy atom. The largest absolute Gasteiger partial charge is 0.441 e. The summed E-state index contributed by atoms with van der Waals surface area (Å²) in [6, 6.07) is 10.4. The van der Waals surface area contributed by atoms with Crippen LogP contribution in [0.25, 0.3) is 12.2 Å². The second kappa shape index (κ2) is 7.66. The van der Waals surface area contributed by atoms with Crippen LogP contribution in [-0.2, 0) is 11.8 Å². The second-order valence-electron chi connectivity index (χ2n) is 6.88. The fourth-order valence-corrected chi connectivity index (χ4v) is 3.01. The van der Waals surface area contributed by atoms with Crippen LogP contribution in [-0.4, -0.2) is 16.5 Å². The quantitative estimate of drug-likeness (QED) is 0.657. The molecule has 0 bridgehead atoms. The summed E-state index contributed by atoms with van der Waals surface area (Å²) < 4.78 is 5.76. The number of rotatable bonds is 6. The molecular weight excluding hydrogens is 330 g/mol. The number of nitrogens with one attached hydrogen (secondary N) is 1. The van der Waals surface area contributed by atoms with E-state index in [1.807, 2.05) is 24.4 Å². The number of nitrogens with zero attached hydrogens (tertiary/aromatic N) is 2. The van der Waals surface area contributed by atoms with E-state index in [0.29, 0.717) is 5.89 Å². The van der Waals surface area contributed by atoms with Gasteiger partial charge in [0.25, 0.3) is 0 Å². The first-order valence-corrected chi connectivity index (χ1v) is 9.20. The molecule has 0 spiro atoms. The summed E-state index contributed by atoms with van der Waals surface area (Å²) in [6.45, 7) is 7.20. The molecule has 3 rings (SSSR count). The Labute approximate surface area is 152 Å². The van der Waals surface area contributed by atoms with Gasteiger partial charge in [-0.3, -0.25) is 0 Å². The van der Waals surface area contributed by atoms with Gasteiger partial charge in [0.1, 0.15) is 5.76 Å². The van der Waals surface area contributed by atoms with Crippen LogP contribution in [0.1, 0.15) is 42.9 Å². The molecule has 3 aromatic rings.